The third-order valence-electron chi connectivity index (χ3n) is 7.32. The van der Waals surface area contributed by atoms with Crippen molar-refractivity contribution in [2.45, 2.75) is 46.8 Å². The Morgan fingerprint density at radius 2 is 1.83 bits per heavy atom. The van der Waals surface area contributed by atoms with Crippen molar-refractivity contribution in [1.29, 1.82) is 0 Å². The molecule has 8 heteroatoms. The van der Waals surface area contributed by atoms with Crippen LogP contribution in [0.1, 0.15) is 34.9 Å². The molecule has 0 saturated carbocycles. The van der Waals surface area contributed by atoms with Crippen LogP contribution in [0.15, 0.2) is 54.6 Å². The van der Waals surface area contributed by atoms with E-state index in [1.54, 1.807) is 4.68 Å². The van der Waals surface area contributed by atoms with Gasteiger partial charge < -0.3 is 9.47 Å². The summed E-state index contributed by atoms with van der Waals surface area (Å²) in [7, 11) is 0. The Morgan fingerprint density at radius 3 is 2.64 bits per heavy atom. The topological polar surface area (TPSA) is 64.7 Å². The van der Waals surface area contributed by atoms with Crippen LogP contribution in [0.4, 0.5) is 5.82 Å². The van der Waals surface area contributed by atoms with E-state index in [0.29, 0.717) is 12.4 Å². The van der Waals surface area contributed by atoms with Crippen LogP contribution in [0.2, 0.25) is 5.02 Å². The number of hydrogen-bond donors (Lipinski definition) is 0. The molecule has 2 aromatic carbocycles. The zero-order chi connectivity index (χ0) is 24.8. The SMILES string of the molecule is CCn1nnnc1-c1cc2c(C)c(C)n(Cc3cccc(Cl)c3)c2c(N2CCc3ccccc3C2)n1. The van der Waals surface area contributed by atoms with E-state index in [9.17, 15) is 0 Å². The molecule has 0 aliphatic carbocycles. The second-order valence-electron chi connectivity index (χ2n) is 9.41. The van der Waals surface area contributed by atoms with E-state index in [4.69, 9.17) is 16.6 Å². The number of aromatic nitrogens is 6. The first-order chi connectivity index (χ1) is 17.5. The Morgan fingerprint density at radius 1 is 1.00 bits per heavy atom. The number of pyridine rings is 1. The van der Waals surface area contributed by atoms with Crippen molar-refractivity contribution in [3.8, 4) is 11.5 Å². The molecule has 3 aromatic heterocycles. The highest BCUT2D eigenvalue weighted by atomic mass is 35.5. The Hall–Kier alpha value is -3.71. The molecule has 0 bridgehead atoms. The molecule has 0 N–H and O–H groups in total. The van der Waals surface area contributed by atoms with Gasteiger partial charge in [0.05, 0.1) is 5.52 Å². The van der Waals surface area contributed by atoms with Crippen molar-refractivity contribution in [2.75, 3.05) is 11.4 Å². The van der Waals surface area contributed by atoms with Crippen LogP contribution < -0.4 is 4.90 Å². The second kappa shape index (κ2) is 9.06. The van der Waals surface area contributed by atoms with Gasteiger partial charge in [-0.3, -0.25) is 0 Å². The number of rotatable bonds is 5. The summed E-state index contributed by atoms with van der Waals surface area (Å²) in [5.41, 5.74) is 8.33. The molecule has 0 spiro atoms. The van der Waals surface area contributed by atoms with Gasteiger partial charge in [-0.25, -0.2) is 9.67 Å². The van der Waals surface area contributed by atoms with Crippen molar-refractivity contribution < 1.29 is 0 Å². The smallest absolute Gasteiger partial charge is 0.200 e. The van der Waals surface area contributed by atoms with E-state index in [-0.39, 0.29) is 0 Å². The lowest BCUT2D eigenvalue weighted by Crippen LogP contribution is -2.31. The number of aryl methyl sites for hydroxylation is 2. The summed E-state index contributed by atoms with van der Waals surface area (Å²) in [6.07, 6.45) is 0.989. The predicted molar refractivity (Wildman–Crippen MR) is 143 cm³/mol. The number of halogens is 1. The minimum absolute atomic E-state index is 0.683. The number of benzene rings is 2. The molecule has 4 heterocycles. The standard InChI is InChI=1S/C28H28ClN7/c1-4-36-27(31-32-33-36)25-15-24-18(2)19(3)35(16-20-8-7-11-23(29)14-20)26(24)28(30-25)34-13-12-21-9-5-6-10-22(21)17-34/h5-11,14-15H,4,12-13,16-17H2,1-3H3. The van der Waals surface area contributed by atoms with Gasteiger partial charge in [0.1, 0.15) is 5.69 Å². The summed E-state index contributed by atoms with van der Waals surface area (Å²) in [6.45, 7) is 9.55. The van der Waals surface area contributed by atoms with E-state index in [1.165, 1.54) is 27.8 Å². The summed E-state index contributed by atoms with van der Waals surface area (Å²) in [6, 6.07) is 18.9. The summed E-state index contributed by atoms with van der Waals surface area (Å²) in [5, 5.41) is 14.3. The zero-order valence-electron chi connectivity index (χ0n) is 20.7. The molecule has 36 heavy (non-hydrogen) atoms. The molecule has 0 atom stereocenters. The van der Waals surface area contributed by atoms with Gasteiger partial charge in [0.25, 0.3) is 0 Å². The van der Waals surface area contributed by atoms with Crippen molar-refractivity contribution in [1.82, 2.24) is 29.8 Å². The highest BCUT2D eigenvalue weighted by Gasteiger charge is 2.25. The van der Waals surface area contributed by atoms with Gasteiger partial charge in [0, 0.05) is 42.3 Å². The predicted octanol–water partition coefficient (Wildman–Crippen LogP) is 5.59. The molecular weight excluding hydrogens is 470 g/mol. The molecule has 0 unspecified atom stereocenters. The first-order valence-electron chi connectivity index (χ1n) is 12.4. The van der Waals surface area contributed by atoms with Gasteiger partial charge in [-0.15, -0.1) is 5.10 Å². The molecular formula is C28H28ClN7. The van der Waals surface area contributed by atoms with E-state index < -0.39 is 0 Å². The molecule has 182 valence electrons. The van der Waals surface area contributed by atoms with Crippen LogP contribution in [-0.4, -0.2) is 36.3 Å². The number of nitrogens with zero attached hydrogens (tertiary/aromatic N) is 7. The van der Waals surface area contributed by atoms with Crippen LogP contribution in [0, 0.1) is 13.8 Å². The van der Waals surface area contributed by atoms with Crippen molar-refractivity contribution >= 4 is 28.3 Å². The lowest BCUT2D eigenvalue weighted by molar-refractivity contribution is 0.630. The highest BCUT2D eigenvalue weighted by molar-refractivity contribution is 6.30. The largest absolute Gasteiger partial charge is 0.350 e. The number of hydrogen-bond acceptors (Lipinski definition) is 5. The van der Waals surface area contributed by atoms with E-state index >= 15 is 0 Å². The summed E-state index contributed by atoms with van der Waals surface area (Å²) in [4.78, 5) is 7.64. The average Bonchev–Trinajstić information content (AvgIpc) is 3.47. The quantitative estimate of drug-likeness (QED) is 0.316. The fourth-order valence-corrected chi connectivity index (χ4v) is 5.48. The Kier molecular flexibility index (Phi) is 5.72. The fraction of sp³-hybridized carbons (Fsp3) is 0.286. The summed E-state index contributed by atoms with van der Waals surface area (Å²) >= 11 is 6.33. The number of anilines is 1. The van der Waals surface area contributed by atoms with E-state index in [2.05, 4.69) is 75.2 Å². The first kappa shape index (κ1) is 22.7. The zero-order valence-corrected chi connectivity index (χ0v) is 21.5. The van der Waals surface area contributed by atoms with Crippen molar-refractivity contribution in [2.24, 2.45) is 0 Å². The van der Waals surface area contributed by atoms with Gasteiger partial charge in [0.2, 0.25) is 5.82 Å². The van der Waals surface area contributed by atoms with Crippen molar-refractivity contribution in [3.05, 3.63) is 87.6 Å². The normalized spacial score (nSPS) is 13.4. The molecule has 6 rings (SSSR count). The lowest BCUT2D eigenvalue weighted by Gasteiger charge is -2.31. The van der Waals surface area contributed by atoms with E-state index in [1.807, 2.05) is 25.1 Å². The van der Waals surface area contributed by atoms with Crippen LogP contribution >= 0.6 is 11.6 Å². The van der Waals surface area contributed by atoms with Gasteiger partial charge >= 0.3 is 0 Å². The summed E-state index contributed by atoms with van der Waals surface area (Å²) in [5.74, 6) is 1.67. The Balaban J connectivity index is 1.57. The molecule has 0 radical (unpaired) electrons. The molecule has 7 nitrogen and oxygen atoms in total. The minimum atomic E-state index is 0.683. The second-order valence-corrected chi connectivity index (χ2v) is 9.85. The van der Waals surface area contributed by atoms with Gasteiger partial charge in [-0.2, -0.15) is 0 Å². The highest BCUT2D eigenvalue weighted by Crippen LogP contribution is 2.37. The Bertz CT molecular complexity index is 1580. The maximum atomic E-state index is 6.33. The van der Waals surface area contributed by atoms with Gasteiger partial charge in [-0.05, 0) is 78.1 Å². The molecule has 0 amide bonds. The number of tetrazole rings is 1. The molecule has 1 aliphatic rings. The van der Waals surface area contributed by atoms with Gasteiger partial charge in [-0.1, -0.05) is 48.0 Å². The fourth-order valence-electron chi connectivity index (χ4n) is 5.27. The van der Waals surface area contributed by atoms with Crippen LogP contribution in [0.5, 0.6) is 0 Å². The third kappa shape index (κ3) is 3.84. The monoisotopic (exact) mass is 497 g/mol. The maximum absolute atomic E-state index is 6.33. The maximum Gasteiger partial charge on any atom is 0.200 e. The Labute approximate surface area is 215 Å². The average molecular weight is 498 g/mol. The van der Waals surface area contributed by atoms with Crippen LogP contribution in [0.25, 0.3) is 22.4 Å². The van der Waals surface area contributed by atoms with Crippen LogP contribution in [-0.2, 0) is 26.1 Å². The first-order valence-corrected chi connectivity index (χ1v) is 12.7. The lowest BCUT2D eigenvalue weighted by atomic mass is 10.00. The molecule has 5 aromatic rings. The number of fused-ring (bicyclic) bond motifs is 2. The molecule has 0 fully saturated rings. The van der Waals surface area contributed by atoms with Crippen molar-refractivity contribution in [3.63, 3.8) is 0 Å². The molecule has 0 saturated heterocycles. The van der Waals surface area contributed by atoms with E-state index in [0.717, 1.165) is 53.7 Å². The van der Waals surface area contributed by atoms with Gasteiger partial charge in [0.15, 0.2) is 5.82 Å². The minimum Gasteiger partial charge on any atom is -0.350 e. The third-order valence-corrected chi connectivity index (χ3v) is 7.55. The van der Waals surface area contributed by atoms with Crippen LogP contribution in [0.3, 0.4) is 0 Å². The summed E-state index contributed by atoms with van der Waals surface area (Å²) < 4.78 is 4.18. The molecule has 1 aliphatic heterocycles.